The van der Waals surface area contributed by atoms with Crippen LogP contribution in [0.2, 0.25) is 0 Å². The van der Waals surface area contributed by atoms with Crippen molar-refractivity contribution in [3.8, 4) is 0 Å². The summed E-state index contributed by atoms with van der Waals surface area (Å²) >= 11 is 1.74. The van der Waals surface area contributed by atoms with E-state index in [9.17, 15) is 4.55 Å². The number of nitrogens with one attached hydrogen (secondary N) is 1. The van der Waals surface area contributed by atoms with Crippen molar-refractivity contribution in [1.29, 1.82) is 0 Å². The minimum atomic E-state index is -0.930. The molecule has 1 aliphatic rings. The fraction of sp³-hybridized carbons (Fsp3) is 1.00. The summed E-state index contributed by atoms with van der Waals surface area (Å²) in [6.45, 7) is 6.21. The molecule has 5 atom stereocenters. The van der Waals surface area contributed by atoms with E-state index >= 15 is 0 Å². The number of alkyl halides is 1. The van der Waals surface area contributed by atoms with Gasteiger partial charge in [0.05, 0.1) is 6.61 Å². The van der Waals surface area contributed by atoms with Gasteiger partial charge < -0.3 is 9.29 Å². The SMILES string of the molecule is CN[S+]([O-])CCOCCCC1CC[C@H](C)CC(C)C1I. The van der Waals surface area contributed by atoms with E-state index in [1.54, 1.807) is 7.05 Å². The first-order valence-electron chi connectivity index (χ1n) is 7.82. The Morgan fingerprint density at radius 2 is 2.05 bits per heavy atom. The van der Waals surface area contributed by atoms with Crippen molar-refractivity contribution in [3.63, 3.8) is 0 Å². The molecule has 0 aromatic carbocycles. The molecule has 3 nitrogen and oxygen atoms in total. The molecular formula is C15H30INO2S. The Morgan fingerprint density at radius 3 is 2.75 bits per heavy atom. The second-order valence-corrected chi connectivity index (χ2v) is 9.05. The summed E-state index contributed by atoms with van der Waals surface area (Å²) in [7, 11) is 1.71. The van der Waals surface area contributed by atoms with E-state index in [-0.39, 0.29) is 0 Å². The van der Waals surface area contributed by atoms with Crippen molar-refractivity contribution in [2.75, 3.05) is 26.0 Å². The highest BCUT2D eigenvalue weighted by Crippen LogP contribution is 2.38. The molecule has 4 unspecified atom stereocenters. The predicted octanol–water partition coefficient (Wildman–Crippen LogP) is 3.54. The first kappa shape index (κ1) is 19.0. The van der Waals surface area contributed by atoms with Crippen LogP contribution in [-0.4, -0.2) is 34.5 Å². The van der Waals surface area contributed by atoms with Gasteiger partial charge in [-0.1, -0.05) is 42.9 Å². The van der Waals surface area contributed by atoms with E-state index in [4.69, 9.17) is 4.74 Å². The molecule has 0 spiro atoms. The zero-order chi connectivity index (χ0) is 15.0. The quantitative estimate of drug-likeness (QED) is 0.217. The molecular weight excluding hydrogens is 385 g/mol. The topological polar surface area (TPSA) is 44.3 Å². The van der Waals surface area contributed by atoms with Crippen molar-refractivity contribution in [2.45, 2.75) is 49.9 Å². The van der Waals surface area contributed by atoms with E-state index < -0.39 is 11.4 Å². The monoisotopic (exact) mass is 415 g/mol. The number of ether oxygens (including phenoxy) is 1. The highest BCUT2D eigenvalue weighted by atomic mass is 127. The van der Waals surface area contributed by atoms with Crippen LogP contribution < -0.4 is 4.72 Å². The van der Waals surface area contributed by atoms with Crippen molar-refractivity contribution in [1.82, 2.24) is 4.72 Å². The van der Waals surface area contributed by atoms with Gasteiger partial charge in [0.15, 0.2) is 0 Å². The minimum absolute atomic E-state index is 0.587. The number of hydrogen-bond donors (Lipinski definition) is 1. The molecule has 1 fully saturated rings. The summed E-state index contributed by atoms with van der Waals surface area (Å²) in [6, 6.07) is 0. The van der Waals surface area contributed by atoms with Gasteiger partial charge in [0.25, 0.3) is 0 Å². The van der Waals surface area contributed by atoms with Crippen LogP contribution in [0.1, 0.15) is 46.0 Å². The van der Waals surface area contributed by atoms with Crippen LogP contribution in [-0.2, 0) is 16.1 Å². The lowest BCUT2D eigenvalue weighted by molar-refractivity contribution is 0.139. The molecule has 0 radical (unpaired) electrons. The van der Waals surface area contributed by atoms with Gasteiger partial charge in [-0.05, 0) is 43.4 Å². The van der Waals surface area contributed by atoms with E-state index in [2.05, 4.69) is 41.2 Å². The van der Waals surface area contributed by atoms with Gasteiger partial charge in [-0.25, -0.2) is 0 Å². The van der Waals surface area contributed by atoms with Gasteiger partial charge >= 0.3 is 0 Å². The molecule has 0 saturated heterocycles. The maximum Gasteiger partial charge on any atom is 0.148 e. The van der Waals surface area contributed by atoms with Gasteiger partial charge in [-0.3, -0.25) is 0 Å². The number of hydrogen-bond acceptors (Lipinski definition) is 3. The third-order valence-electron chi connectivity index (χ3n) is 4.30. The first-order valence-corrected chi connectivity index (χ1v) is 10.4. The molecule has 1 aliphatic carbocycles. The highest BCUT2D eigenvalue weighted by molar-refractivity contribution is 14.1. The lowest BCUT2D eigenvalue weighted by Crippen LogP contribution is -2.25. The zero-order valence-electron chi connectivity index (χ0n) is 13.1. The van der Waals surface area contributed by atoms with Crippen molar-refractivity contribution in [2.24, 2.45) is 17.8 Å². The summed E-state index contributed by atoms with van der Waals surface area (Å²) in [5.74, 6) is 3.17. The van der Waals surface area contributed by atoms with Crippen LogP contribution in [0.3, 0.4) is 0 Å². The van der Waals surface area contributed by atoms with Crippen molar-refractivity contribution < 1.29 is 9.29 Å². The van der Waals surface area contributed by atoms with E-state index in [0.29, 0.717) is 12.4 Å². The predicted molar refractivity (Wildman–Crippen MR) is 95.6 cm³/mol. The van der Waals surface area contributed by atoms with Crippen LogP contribution in [0, 0.1) is 17.8 Å². The fourth-order valence-electron chi connectivity index (χ4n) is 3.09. The molecule has 0 amide bonds. The zero-order valence-corrected chi connectivity index (χ0v) is 16.0. The molecule has 1 rings (SSSR count). The van der Waals surface area contributed by atoms with Crippen LogP contribution in [0.4, 0.5) is 0 Å². The summed E-state index contributed by atoms with van der Waals surface area (Å²) < 4.78 is 20.3. The maximum atomic E-state index is 11.2. The Balaban J connectivity index is 2.14. The van der Waals surface area contributed by atoms with E-state index in [0.717, 1.165) is 34.7 Å². The minimum Gasteiger partial charge on any atom is -0.598 e. The average molecular weight is 415 g/mol. The van der Waals surface area contributed by atoms with Gasteiger partial charge in [0, 0.05) is 28.9 Å². The van der Waals surface area contributed by atoms with Gasteiger partial charge in [-0.15, -0.1) is 4.72 Å². The van der Waals surface area contributed by atoms with E-state index in [1.807, 2.05) is 0 Å². The number of rotatable bonds is 8. The van der Waals surface area contributed by atoms with Crippen LogP contribution >= 0.6 is 22.6 Å². The third-order valence-corrected chi connectivity index (χ3v) is 7.54. The lowest BCUT2D eigenvalue weighted by atomic mass is 9.91. The standard InChI is InChI=1S/C15H30INO2S/c1-12-6-7-14(15(16)13(2)11-12)5-4-8-19-9-10-20(18)17-3/h12-15,17H,4-11H2,1-3H3/t12-,13?,14?,15?,20?/m0/s1. The summed E-state index contributed by atoms with van der Waals surface area (Å²) in [5.41, 5.74) is 0. The van der Waals surface area contributed by atoms with Crippen LogP contribution in [0.15, 0.2) is 0 Å². The van der Waals surface area contributed by atoms with Gasteiger partial charge in [-0.2, -0.15) is 0 Å². The second kappa shape index (κ2) is 10.6. The molecule has 1 saturated carbocycles. The van der Waals surface area contributed by atoms with E-state index in [1.165, 1.54) is 25.7 Å². The molecule has 1 N–H and O–H groups in total. The van der Waals surface area contributed by atoms with Crippen molar-refractivity contribution in [3.05, 3.63) is 0 Å². The molecule has 0 bridgehead atoms. The largest absolute Gasteiger partial charge is 0.598 e. The maximum absolute atomic E-state index is 11.2. The lowest BCUT2D eigenvalue weighted by Gasteiger charge is -2.24. The summed E-state index contributed by atoms with van der Waals surface area (Å²) in [4.78, 5) is 0. The Bertz CT molecular complexity index is 258. The normalized spacial score (nSPS) is 32.9. The van der Waals surface area contributed by atoms with Gasteiger partial charge in [0.2, 0.25) is 0 Å². The fourth-order valence-corrected chi connectivity index (χ4v) is 4.58. The van der Waals surface area contributed by atoms with Gasteiger partial charge in [0.1, 0.15) is 5.75 Å². The molecule has 20 heavy (non-hydrogen) atoms. The smallest absolute Gasteiger partial charge is 0.148 e. The average Bonchev–Trinajstić information content (AvgIpc) is 2.55. The highest BCUT2D eigenvalue weighted by Gasteiger charge is 2.28. The Hall–Kier alpha value is 0.960. The Labute approximate surface area is 141 Å². The first-order chi connectivity index (χ1) is 9.54. The Morgan fingerprint density at radius 1 is 1.30 bits per heavy atom. The molecule has 0 aliphatic heterocycles. The molecule has 0 aromatic heterocycles. The molecule has 0 aromatic rings. The molecule has 120 valence electrons. The third kappa shape index (κ3) is 7.29. The van der Waals surface area contributed by atoms with Crippen LogP contribution in [0.5, 0.6) is 0 Å². The molecule has 5 heteroatoms. The second-order valence-electron chi connectivity index (χ2n) is 6.11. The molecule has 0 heterocycles. The Kier molecular flexibility index (Phi) is 10.1. The number of halogens is 1. The summed E-state index contributed by atoms with van der Waals surface area (Å²) in [6.07, 6.45) is 6.56. The van der Waals surface area contributed by atoms with Crippen molar-refractivity contribution >= 4 is 34.0 Å². The summed E-state index contributed by atoms with van der Waals surface area (Å²) in [5, 5.41) is 0. The van der Waals surface area contributed by atoms with Crippen LogP contribution in [0.25, 0.3) is 0 Å².